The van der Waals surface area contributed by atoms with Crippen molar-refractivity contribution in [2.45, 2.75) is 452 Å². The lowest BCUT2D eigenvalue weighted by atomic mass is 9.81. The molecule has 0 spiro atoms. The Morgan fingerprint density at radius 1 is 0.173 bits per heavy atom. The maximum absolute atomic E-state index is 2.37. The molecule has 0 saturated heterocycles. The Labute approximate surface area is 517 Å². The van der Waals surface area contributed by atoms with Crippen molar-refractivity contribution in [3.63, 3.8) is 0 Å². The van der Waals surface area contributed by atoms with Gasteiger partial charge in [0.15, 0.2) is 0 Å². The fourth-order valence-electron chi connectivity index (χ4n) is 15.0. The largest absolute Gasteiger partial charge is 0.0602 e. The van der Waals surface area contributed by atoms with Crippen LogP contribution in [0.1, 0.15) is 452 Å². The molecule has 0 radical (unpaired) electrons. The van der Waals surface area contributed by atoms with Crippen molar-refractivity contribution in [3.05, 3.63) is 0 Å². The fraction of sp³-hybridized carbons (Fsp3) is 1.00. The summed E-state index contributed by atoms with van der Waals surface area (Å²) >= 11 is 0. The lowest BCUT2D eigenvalue weighted by Crippen LogP contribution is -2.12. The van der Waals surface area contributed by atoms with Crippen LogP contribution in [0.3, 0.4) is 0 Å². The van der Waals surface area contributed by atoms with Crippen LogP contribution >= 0.6 is 0 Å². The lowest BCUT2D eigenvalue weighted by molar-refractivity contribution is 0.273. The molecule has 0 unspecified atom stereocenters. The maximum Gasteiger partial charge on any atom is -0.0380 e. The standard InChI is InChI=1S/C15H30.2C14H28.2C13H26.C12H24/c1-15(2,3)13-9-8-12-14-10-6-4-5-7-11-14;1-14(2,3)12-8-7-11-13-9-5-4-6-10-13;1-14(2,3)12-8-11-13-9-6-4-5-7-10-13;1-13(2,3)11-7-10-12-8-5-4-6-9-12;1-13(2,3)11-10-12-8-6-4-5-7-9-12;1-12(2,3)10-11-8-6-4-5-7-9-11/h14H,4-13H2,1-3H3;2*13H,4-12H2,1-3H3;2*12H,4-11H2,1-3H3;11H,4-10H2,1-3H3. The summed E-state index contributed by atoms with van der Waals surface area (Å²) in [6.45, 7) is 42.5. The van der Waals surface area contributed by atoms with E-state index in [1.54, 1.807) is 0 Å². The molecule has 0 N–H and O–H groups in total. The molecular formula is C81H162. The summed E-state index contributed by atoms with van der Waals surface area (Å²) in [5.74, 6) is 6.40. The first-order valence-electron chi connectivity index (χ1n) is 38.0. The monoisotopic (exact) mass is 1140 g/mol. The molecule has 0 heterocycles. The predicted octanol–water partition coefficient (Wildman–Crippen LogP) is 29.9. The summed E-state index contributed by atoms with van der Waals surface area (Å²) in [6.07, 6.45) is 75.8. The lowest BCUT2D eigenvalue weighted by Gasteiger charge is -2.24. The molecule has 0 nitrogen and oxygen atoms in total. The molecule has 0 aromatic rings. The minimum absolute atomic E-state index is 0.545. The highest BCUT2D eigenvalue weighted by Gasteiger charge is 2.22. The van der Waals surface area contributed by atoms with Gasteiger partial charge in [0.1, 0.15) is 0 Å². The van der Waals surface area contributed by atoms with E-state index in [2.05, 4.69) is 125 Å². The molecular weight excluding hydrogens is 973 g/mol. The van der Waals surface area contributed by atoms with E-state index in [4.69, 9.17) is 0 Å². The van der Waals surface area contributed by atoms with Crippen LogP contribution in [0.4, 0.5) is 0 Å². The second kappa shape index (κ2) is 45.3. The molecule has 0 aromatic heterocycles. The second-order valence-electron chi connectivity index (χ2n) is 36.8. The van der Waals surface area contributed by atoms with Crippen LogP contribution in [0.5, 0.6) is 0 Å². The van der Waals surface area contributed by atoms with Crippen LogP contribution in [-0.2, 0) is 0 Å². The summed E-state index contributed by atoms with van der Waals surface area (Å²) < 4.78 is 0. The van der Waals surface area contributed by atoms with Gasteiger partial charge in [0.25, 0.3) is 0 Å². The van der Waals surface area contributed by atoms with Crippen molar-refractivity contribution >= 4 is 0 Å². The topological polar surface area (TPSA) is 0 Å². The summed E-state index contributed by atoms with van der Waals surface area (Å²) in [5, 5.41) is 0. The van der Waals surface area contributed by atoms with Gasteiger partial charge in [0.05, 0.1) is 0 Å². The van der Waals surface area contributed by atoms with E-state index < -0.39 is 0 Å². The highest BCUT2D eigenvalue weighted by Crippen LogP contribution is 2.36. The van der Waals surface area contributed by atoms with Crippen molar-refractivity contribution < 1.29 is 0 Å². The van der Waals surface area contributed by atoms with Crippen LogP contribution in [0, 0.1) is 68.0 Å². The summed E-state index contributed by atoms with van der Waals surface area (Å²) in [5.41, 5.74) is 3.29. The van der Waals surface area contributed by atoms with Crippen molar-refractivity contribution in [1.29, 1.82) is 0 Å². The zero-order chi connectivity index (χ0) is 60.5. The predicted molar refractivity (Wildman–Crippen MR) is 373 cm³/mol. The molecule has 0 aromatic carbocycles. The Bertz CT molecular complexity index is 1310. The minimum atomic E-state index is 0.545. The van der Waals surface area contributed by atoms with Gasteiger partial charge in [-0.15, -0.1) is 0 Å². The van der Waals surface area contributed by atoms with Crippen LogP contribution in [-0.4, -0.2) is 0 Å². The number of hydrogen-bond donors (Lipinski definition) is 0. The third-order valence-corrected chi connectivity index (χ3v) is 20.2. The Morgan fingerprint density at radius 3 is 0.580 bits per heavy atom. The van der Waals surface area contributed by atoms with E-state index in [0.29, 0.717) is 32.5 Å². The first-order valence-corrected chi connectivity index (χ1v) is 38.0. The molecule has 0 atom stereocenters. The first-order chi connectivity index (χ1) is 38.0. The molecule has 486 valence electrons. The zero-order valence-electron chi connectivity index (χ0n) is 60.5. The Kier molecular flexibility index (Phi) is 44.2. The molecule has 0 heteroatoms. The molecule has 0 amide bonds. The molecule has 0 aliphatic heterocycles. The second-order valence-corrected chi connectivity index (χ2v) is 36.8. The van der Waals surface area contributed by atoms with E-state index in [9.17, 15) is 0 Å². The summed E-state index contributed by atoms with van der Waals surface area (Å²) in [6, 6.07) is 0. The fourth-order valence-corrected chi connectivity index (χ4v) is 15.0. The van der Waals surface area contributed by atoms with Crippen LogP contribution in [0.15, 0.2) is 0 Å². The molecule has 81 heavy (non-hydrogen) atoms. The normalized spacial score (nSPS) is 20.8. The average Bonchev–Trinajstić information content (AvgIpc) is 4.00. The van der Waals surface area contributed by atoms with Crippen molar-refractivity contribution in [2.24, 2.45) is 68.0 Å². The van der Waals surface area contributed by atoms with Gasteiger partial charge in [0, 0.05) is 0 Å². The van der Waals surface area contributed by atoms with Crippen molar-refractivity contribution in [1.82, 2.24) is 0 Å². The molecule has 6 saturated carbocycles. The molecule has 6 aliphatic carbocycles. The van der Waals surface area contributed by atoms with E-state index >= 15 is 0 Å². The van der Waals surface area contributed by atoms with Gasteiger partial charge < -0.3 is 0 Å². The van der Waals surface area contributed by atoms with E-state index in [1.807, 2.05) is 0 Å². The quantitative estimate of drug-likeness (QED) is 0.101. The van der Waals surface area contributed by atoms with Gasteiger partial charge in [-0.3, -0.25) is 0 Å². The Hall–Kier alpha value is 0. The highest BCUT2D eigenvalue weighted by atomic mass is 14.3. The van der Waals surface area contributed by atoms with Gasteiger partial charge in [0.2, 0.25) is 0 Å². The Morgan fingerprint density at radius 2 is 0.358 bits per heavy atom. The molecule has 6 aliphatic rings. The smallest absolute Gasteiger partial charge is 0.0380 e. The van der Waals surface area contributed by atoms with Crippen LogP contribution in [0.2, 0.25) is 0 Å². The Balaban J connectivity index is 0.000000487. The van der Waals surface area contributed by atoms with E-state index in [-0.39, 0.29) is 0 Å². The number of rotatable bonds is 17. The average molecular weight is 1140 g/mol. The van der Waals surface area contributed by atoms with Gasteiger partial charge in [-0.2, -0.15) is 0 Å². The molecule has 6 fully saturated rings. The molecule has 6 rings (SSSR count). The summed E-state index contributed by atoms with van der Waals surface area (Å²) in [7, 11) is 0. The van der Waals surface area contributed by atoms with Gasteiger partial charge in [-0.1, -0.05) is 407 Å². The van der Waals surface area contributed by atoms with Crippen molar-refractivity contribution in [2.75, 3.05) is 0 Å². The van der Waals surface area contributed by atoms with Gasteiger partial charge >= 0.3 is 0 Å². The van der Waals surface area contributed by atoms with Crippen LogP contribution < -0.4 is 0 Å². The third kappa shape index (κ3) is 56.3. The number of hydrogen-bond acceptors (Lipinski definition) is 0. The number of unbranched alkanes of at least 4 members (excludes halogenated alkanes) is 2. The zero-order valence-corrected chi connectivity index (χ0v) is 60.5. The van der Waals surface area contributed by atoms with Crippen molar-refractivity contribution in [3.8, 4) is 0 Å². The first kappa shape index (κ1) is 79.0. The van der Waals surface area contributed by atoms with Gasteiger partial charge in [-0.05, 0) is 113 Å². The van der Waals surface area contributed by atoms with E-state index in [1.165, 1.54) is 327 Å². The van der Waals surface area contributed by atoms with E-state index in [0.717, 1.165) is 35.5 Å². The summed E-state index contributed by atoms with van der Waals surface area (Å²) in [4.78, 5) is 0. The third-order valence-electron chi connectivity index (χ3n) is 20.2. The highest BCUT2D eigenvalue weighted by molar-refractivity contribution is 4.75. The maximum atomic E-state index is 2.37. The molecule has 0 bridgehead atoms. The van der Waals surface area contributed by atoms with Gasteiger partial charge in [-0.25, -0.2) is 0 Å². The van der Waals surface area contributed by atoms with Crippen LogP contribution in [0.25, 0.3) is 0 Å². The minimum Gasteiger partial charge on any atom is -0.0602 e. The SMILES string of the molecule is CC(C)(C)CC1CCCCCC1.CC(C)(C)CCC1CCCCCC1.CC(C)(C)CCCC1CCCCC1.CC(C)(C)CCCC1CCCCCC1.CC(C)(C)CCCCC1CCCCC1.CC(C)(C)CCCCC1CCCCCC1.